The zero-order valence-corrected chi connectivity index (χ0v) is 14.9. The molecule has 3 rings (SSSR count). The second kappa shape index (κ2) is 5.97. The first-order valence-electron chi connectivity index (χ1n) is 8.00. The summed E-state index contributed by atoms with van der Waals surface area (Å²) in [4.78, 5) is 12.6. The highest BCUT2D eigenvalue weighted by Gasteiger charge is 2.50. The number of hydrogen-bond donors (Lipinski definition) is 1. The van der Waals surface area contributed by atoms with Crippen molar-refractivity contribution in [2.45, 2.75) is 44.0 Å². The summed E-state index contributed by atoms with van der Waals surface area (Å²) in [6.07, 6.45) is 0.0968. The number of benzene rings is 1. The van der Waals surface area contributed by atoms with Crippen molar-refractivity contribution in [3.05, 3.63) is 29.8 Å². The summed E-state index contributed by atoms with van der Waals surface area (Å²) >= 11 is -1.40. The Labute approximate surface area is 144 Å². The molecule has 1 atom stereocenters. The molecule has 0 saturated carbocycles. The highest BCUT2D eigenvalue weighted by Crippen LogP contribution is 2.42. The Morgan fingerprint density at radius 1 is 1.33 bits per heavy atom. The first kappa shape index (κ1) is 17.1. The molecule has 130 valence electrons. The maximum absolute atomic E-state index is 12.6. The number of rotatable bonds is 1. The summed E-state index contributed by atoms with van der Waals surface area (Å²) in [6.45, 7) is 6.41. The number of nitrogens with zero attached hydrogens (tertiary/aromatic N) is 2. The first-order chi connectivity index (χ1) is 11.2. The molecule has 2 aliphatic heterocycles. The lowest BCUT2D eigenvalue weighted by molar-refractivity contribution is 0.0628. The molecule has 0 radical (unpaired) electrons. The minimum Gasteiger partial charge on any atom is -0.591 e. The molecule has 2 heterocycles. The number of likely N-dealkylation sites (tertiary alicyclic amines) is 1. The van der Waals surface area contributed by atoms with Gasteiger partial charge < -0.3 is 19.3 Å². The fraction of sp³-hybridized carbons (Fsp3) is 0.529. The predicted octanol–water partition coefficient (Wildman–Crippen LogP) is 2.84. The van der Waals surface area contributed by atoms with Crippen LogP contribution in [0.2, 0.25) is 0 Å². The molecule has 0 unspecified atom stereocenters. The molecule has 2 aliphatic rings. The lowest BCUT2D eigenvalue weighted by atomic mass is 9.85. The Balaban J connectivity index is 1.98. The average Bonchev–Trinajstić information content (AvgIpc) is 2.80. The maximum Gasteiger partial charge on any atom is 0.407 e. The van der Waals surface area contributed by atoms with E-state index in [1.54, 1.807) is 0 Å². The van der Waals surface area contributed by atoms with Gasteiger partial charge in [-0.2, -0.15) is 0 Å². The molecule has 1 saturated heterocycles. The normalized spacial score (nSPS) is 22.3. The monoisotopic (exact) mass is 350 g/mol. The molecule has 24 heavy (non-hydrogen) atoms. The van der Waals surface area contributed by atoms with E-state index in [-0.39, 0.29) is 0 Å². The summed E-state index contributed by atoms with van der Waals surface area (Å²) < 4.78 is 22.9. The largest absolute Gasteiger partial charge is 0.591 e. The van der Waals surface area contributed by atoms with Gasteiger partial charge in [0, 0.05) is 31.5 Å². The second-order valence-corrected chi connectivity index (χ2v) is 9.07. The Morgan fingerprint density at radius 3 is 2.54 bits per heavy atom. The SMILES string of the molecule is CC(C)(C)[S@@+]([O-])N=C1c2ccccc2OC12CCN(C(=O)O)CC2. The highest BCUT2D eigenvalue weighted by molar-refractivity contribution is 7.91. The van der Waals surface area contributed by atoms with Crippen LogP contribution < -0.4 is 4.74 Å². The summed E-state index contributed by atoms with van der Waals surface area (Å²) in [5.41, 5.74) is 0.867. The summed E-state index contributed by atoms with van der Waals surface area (Å²) in [6, 6.07) is 7.60. The number of carbonyl (C=O) groups is 1. The Morgan fingerprint density at radius 2 is 1.96 bits per heavy atom. The van der Waals surface area contributed by atoms with E-state index >= 15 is 0 Å². The van der Waals surface area contributed by atoms with E-state index in [9.17, 15) is 9.35 Å². The van der Waals surface area contributed by atoms with E-state index in [1.807, 2.05) is 45.0 Å². The number of piperidine rings is 1. The van der Waals surface area contributed by atoms with Crippen molar-refractivity contribution in [3.63, 3.8) is 0 Å². The number of hydrogen-bond acceptors (Lipinski definition) is 4. The van der Waals surface area contributed by atoms with E-state index in [1.165, 1.54) is 4.90 Å². The molecular weight excluding hydrogens is 328 g/mol. The smallest absolute Gasteiger partial charge is 0.407 e. The van der Waals surface area contributed by atoms with Crippen LogP contribution in [-0.4, -0.2) is 49.8 Å². The third-order valence-electron chi connectivity index (χ3n) is 4.42. The quantitative estimate of drug-likeness (QED) is 0.789. The lowest BCUT2D eigenvalue weighted by Gasteiger charge is -2.37. The number of amides is 1. The van der Waals surface area contributed by atoms with Gasteiger partial charge in [-0.3, -0.25) is 0 Å². The van der Waals surface area contributed by atoms with Crippen molar-refractivity contribution < 1.29 is 19.2 Å². The van der Waals surface area contributed by atoms with Crippen LogP contribution in [0.1, 0.15) is 39.2 Å². The number of fused-ring (bicyclic) bond motifs is 1. The van der Waals surface area contributed by atoms with E-state index in [2.05, 4.69) is 4.40 Å². The predicted molar refractivity (Wildman–Crippen MR) is 93.1 cm³/mol. The molecule has 0 aliphatic carbocycles. The van der Waals surface area contributed by atoms with Crippen LogP contribution in [-0.2, 0) is 11.4 Å². The van der Waals surface area contributed by atoms with Crippen LogP contribution in [0.15, 0.2) is 28.7 Å². The van der Waals surface area contributed by atoms with Crippen LogP contribution in [0.3, 0.4) is 0 Å². The molecule has 1 spiro atoms. The molecule has 1 N–H and O–H groups in total. The van der Waals surface area contributed by atoms with Crippen molar-refractivity contribution in [1.29, 1.82) is 0 Å². The third kappa shape index (κ3) is 2.98. The highest BCUT2D eigenvalue weighted by atomic mass is 32.2. The van der Waals surface area contributed by atoms with Crippen molar-refractivity contribution in [2.75, 3.05) is 13.1 Å². The zero-order chi connectivity index (χ0) is 17.5. The molecule has 1 amide bonds. The molecular formula is C17H22N2O4S. The van der Waals surface area contributed by atoms with Crippen molar-refractivity contribution in [3.8, 4) is 5.75 Å². The number of ether oxygens (including phenoxy) is 1. The number of carboxylic acid groups (broad SMARTS) is 1. The second-order valence-electron chi connectivity index (χ2n) is 7.16. The van der Waals surface area contributed by atoms with E-state index in [0.29, 0.717) is 31.6 Å². The van der Waals surface area contributed by atoms with Crippen LogP contribution in [0, 0.1) is 0 Å². The van der Waals surface area contributed by atoms with E-state index in [0.717, 1.165) is 11.3 Å². The van der Waals surface area contributed by atoms with Crippen molar-refractivity contribution in [2.24, 2.45) is 4.40 Å². The molecule has 6 nitrogen and oxygen atoms in total. The fourth-order valence-electron chi connectivity index (χ4n) is 3.01. The third-order valence-corrected chi connectivity index (χ3v) is 5.81. The van der Waals surface area contributed by atoms with Crippen LogP contribution in [0.4, 0.5) is 4.79 Å². The summed E-state index contributed by atoms with van der Waals surface area (Å²) in [5, 5.41) is 9.17. The van der Waals surface area contributed by atoms with E-state index in [4.69, 9.17) is 9.84 Å². The van der Waals surface area contributed by atoms with Gasteiger partial charge in [-0.15, -0.1) is 0 Å². The zero-order valence-electron chi connectivity index (χ0n) is 14.1. The molecule has 1 aromatic carbocycles. The van der Waals surface area contributed by atoms with Crippen LogP contribution >= 0.6 is 0 Å². The minimum atomic E-state index is -1.40. The van der Waals surface area contributed by atoms with Gasteiger partial charge >= 0.3 is 6.09 Å². The molecule has 1 fully saturated rings. The first-order valence-corrected chi connectivity index (χ1v) is 9.11. The maximum atomic E-state index is 12.6. The fourth-order valence-corrected chi connectivity index (χ4v) is 3.71. The van der Waals surface area contributed by atoms with Gasteiger partial charge in [-0.1, -0.05) is 16.5 Å². The van der Waals surface area contributed by atoms with E-state index < -0.39 is 27.8 Å². The molecule has 0 aromatic heterocycles. The van der Waals surface area contributed by atoms with Gasteiger partial charge in [-0.05, 0) is 32.9 Å². The summed E-state index contributed by atoms with van der Waals surface area (Å²) in [7, 11) is 0. The van der Waals surface area contributed by atoms with Gasteiger partial charge in [0.05, 0.1) is 0 Å². The standard InChI is InChI=1S/C17H22N2O4S/c1-16(2,3)24(22)18-14-12-6-4-5-7-13(12)23-17(14)8-10-19(11-9-17)15(20)21/h4-7H,8-11H2,1-3H3,(H,20,21)/t24-/m1/s1. The summed E-state index contributed by atoms with van der Waals surface area (Å²) in [5.74, 6) is 0.728. The molecule has 0 bridgehead atoms. The van der Waals surface area contributed by atoms with Gasteiger partial charge in [0.2, 0.25) is 0 Å². The van der Waals surface area contributed by atoms with Crippen molar-refractivity contribution >= 4 is 23.2 Å². The van der Waals surface area contributed by atoms with Crippen molar-refractivity contribution in [1.82, 2.24) is 4.90 Å². The Hall–Kier alpha value is -1.73. The minimum absolute atomic E-state index is 0.379. The number of para-hydroxylation sites is 1. The van der Waals surface area contributed by atoms with Crippen LogP contribution in [0.25, 0.3) is 0 Å². The average molecular weight is 350 g/mol. The van der Waals surface area contributed by atoms with Gasteiger partial charge in [0.1, 0.15) is 27.6 Å². The Kier molecular flexibility index (Phi) is 4.25. The molecule has 7 heteroatoms. The van der Waals surface area contributed by atoms with Gasteiger partial charge in [0.25, 0.3) is 0 Å². The van der Waals surface area contributed by atoms with Gasteiger partial charge in [-0.25, -0.2) is 4.79 Å². The molecule has 1 aromatic rings. The lowest BCUT2D eigenvalue weighted by Crippen LogP contribution is -2.52. The Bertz CT molecular complexity index is 675. The van der Waals surface area contributed by atoms with Gasteiger partial charge in [0.15, 0.2) is 5.60 Å². The topological polar surface area (TPSA) is 85.2 Å². The van der Waals surface area contributed by atoms with Crippen LogP contribution in [0.5, 0.6) is 5.75 Å².